The Kier molecular flexibility index (Phi) is 3.49. The SMILES string of the molecule is NCc1ccc(Oc2cc([N+](=O)[O-])ccn2)cc1. The minimum Gasteiger partial charge on any atom is -0.439 e. The predicted molar refractivity (Wildman–Crippen MR) is 65.3 cm³/mol. The van der Waals surface area contributed by atoms with Gasteiger partial charge < -0.3 is 10.5 Å². The summed E-state index contributed by atoms with van der Waals surface area (Å²) in [6.45, 7) is 0.454. The van der Waals surface area contributed by atoms with Crippen molar-refractivity contribution in [3.63, 3.8) is 0 Å². The minimum absolute atomic E-state index is 0.0569. The van der Waals surface area contributed by atoms with Crippen molar-refractivity contribution in [2.24, 2.45) is 5.73 Å². The maximum absolute atomic E-state index is 10.6. The van der Waals surface area contributed by atoms with Gasteiger partial charge in [0, 0.05) is 18.8 Å². The normalized spacial score (nSPS) is 10.1. The van der Waals surface area contributed by atoms with Crippen molar-refractivity contribution in [3.05, 3.63) is 58.3 Å². The molecular formula is C12H11N3O3. The smallest absolute Gasteiger partial charge is 0.276 e. The van der Waals surface area contributed by atoms with E-state index in [-0.39, 0.29) is 11.6 Å². The summed E-state index contributed by atoms with van der Waals surface area (Å²) < 4.78 is 5.41. The van der Waals surface area contributed by atoms with Crippen LogP contribution in [0.2, 0.25) is 0 Å². The van der Waals surface area contributed by atoms with Gasteiger partial charge in [-0.1, -0.05) is 12.1 Å². The Labute approximate surface area is 103 Å². The third-order valence-electron chi connectivity index (χ3n) is 2.31. The fraction of sp³-hybridized carbons (Fsp3) is 0.0833. The summed E-state index contributed by atoms with van der Waals surface area (Å²) in [6.07, 6.45) is 1.34. The molecule has 0 aliphatic carbocycles. The summed E-state index contributed by atoms with van der Waals surface area (Å²) in [4.78, 5) is 14.0. The number of ether oxygens (including phenoxy) is 1. The number of nitrogens with zero attached hydrogens (tertiary/aromatic N) is 2. The molecule has 0 aliphatic rings. The van der Waals surface area contributed by atoms with E-state index in [9.17, 15) is 10.1 Å². The van der Waals surface area contributed by atoms with Crippen LogP contribution in [-0.2, 0) is 6.54 Å². The number of pyridine rings is 1. The minimum atomic E-state index is -0.494. The van der Waals surface area contributed by atoms with E-state index in [4.69, 9.17) is 10.5 Å². The number of hydrogen-bond donors (Lipinski definition) is 1. The second-order valence-electron chi connectivity index (χ2n) is 3.56. The molecular weight excluding hydrogens is 234 g/mol. The standard InChI is InChI=1S/C12H11N3O3/c13-8-9-1-3-11(4-2-9)18-12-7-10(15(16)17)5-6-14-12/h1-7H,8,13H2. The molecule has 0 amide bonds. The van der Waals surface area contributed by atoms with E-state index < -0.39 is 4.92 Å². The molecule has 18 heavy (non-hydrogen) atoms. The van der Waals surface area contributed by atoms with Crippen LogP contribution in [0.15, 0.2) is 42.6 Å². The zero-order valence-electron chi connectivity index (χ0n) is 9.45. The van der Waals surface area contributed by atoms with Gasteiger partial charge in [-0.3, -0.25) is 10.1 Å². The van der Waals surface area contributed by atoms with Crippen LogP contribution in [0, 0.1) is 10.1 Å². The molecule has 0 bridgehead atoms. The summed E-state index contributed by atoms with van der Waals surface area (Å²) in [6, 6.07) is 9.71. The van der Waals surface area contributed by atoms with Crippen molar-refractivity contribution >= 4 is 5.69 Å². The average Bonchev–Trinajstić information content (AvgIpc) is 2.40. The van der Waals surface area contributed by atoms with Crippen LogP contribution < -0.4 is 10.5 Å². The van der Waals surface area contributed by atoms with Crippen LogP contribution >= 0.6 is 0 Å². The zero-order chi connectivity index (χ0) is 13.0. The summed E-state index contributed by atoms with van der Waals surface area (Å²) in [7, 11) is 0. The Bertz CT molecular complexity index is 555. The fourth-order valence-electron chi connectivity index (χ4n) is 1.38. The lowest BCUT2D eigenvalue weighted by Gasteiger charge is -2.04. The molecule has 6 nitrogen and oxygen atoms in total. The van der Waals surface area contributed by atoms with Crippen LogP contribution in [-0.4, -0.2) is 9.91 Å². The van der Waals surface area contributed by atoms with Gasteiger partial charge >= 0.3 is 0 Å². The lowest BCUT2D eigenvalue weighted by atomic mass is 10.2. The molecule has 92 valence electrons. The Morgan fingerprint density at radius 2 is 2.00 bits per heavy atom. The molecule has 1 heterocycles. The molecule has 2 rings (SSSR count). The molecule has 0 aliphatic heterocycles. The number of hydrogen-bond acceptors (Lipinski definition) is 5. The maximum Gasteiger partial charge on any atom is 0.276 e. The third-order valence-corrected chi connectivity index (χ3v) is 2.31. The highest BCUT2D eigenvalue weighted by Gasteiger charge is 2.08. The number of nitrogens with two attached hydrogens (primary N) is 1. The molecule has 0 unspecified atom stereocenters. The molecule has 0 spiro atoms. The predicted octanol–water partition coefficient (Wildman–Crippen LogP) is 2.24. The van der Waals surface area contributed by atoms with E-state index in [1.807, 2.05) is 12.1 Å². The molecule has 2 aromatic rings. The van der Waals surface area contributed by atoms with Gasteiger partial charge in [0.05, 0.1) is 11.0 Å². The van der Waals surface area contributed by atoms with Gasteiger partial charge in [-0.05, 0) is 17.7 Å². The van der Waals surface area contributed by atoms with Crippen LogP contribution in [0.1, 0.15) is 5.56 Å². The maximum atomic E-state index is 10.6. The van der Waals surface area contributed by atoms with Crippen molar-refractivity contribution in [1.29, 1.82) is 0 Å². The molecule has 0 saturated carbocycles. The zero-order valence-corrected chi connectivity index (χ0v) is 9.45. The molecule has 0 saturated heterocycles. The first-order chi connectivity index (χ1) is 8.69. The molecule has 1 aromatic heterocycles. The van der Waals surface area contributed by atoms with Gasteiger partial charge in [-0.25, -0.2) is 4.98 Å². The van der Waals surface area contributed by atoms with Crippen molar-refractivity contribution < 1.29 is 9.66 Å². The van der Waals surface area contributed by atoms with Crippen molar-refractivity contribution in [3.8, 4) is 11.6 Å². The van der Waals surface area contributed by atoms with E-state index in [2.05, 4.69) is 4.98 Å². The molecule has 0 fully saturated rings. The highest BCUT2D eigenvalue weighted by Crippen LogP contribution is 2.22. The first kappa shape index (κ1) is 12.0. The van der Waals surface area contributed by atoms with E-state index in [0.29, 0.717) is 12.3 Å². The van der Waals surface area contributed by atoms with E-state index in [0.717, 1.165) is 5.56 Å². The summed E-state index contributed by atoms with van der Waals surface area (Å²) in [5.41, 5.74) is 6.40. The van der Waals surface area contributed by atoms with Crippen LogP contribution in [0.5, 0.6) is 11.6 Å². The fourth-order valence-corrected chi connectivity index (χ4v) is 1.38. The molecule has 0 atom stereocenters. The average molecular weight is 245 g/mol. The summed E-state index contributed by atoms with van der Waals surface area (Å²) in [5.74, 6) is 0.741. The van der Waals surface area contributed by atoms with Gasteiger partial charge in [-0.15, -0.1) is 0 Å². The Hall–Kier alpha value is -2.47. The van der Waals surface area contributed by atoms with Gasteiger partial charge in [0.1, 0.15) is 5.75 Å². The molecule has 6 heteroatoms. The first-order valence-corrected chi connectivity index (χ1v) is 5.26. The third kappa shape index (κ3) is 2.80. The Morgan fingerprint density at radius 1 is 1.28 bits per heavy atom. The van der Waals surface area contributed by atoms with Crippen LogP contribution in [0.25, 0.3) is 0 Å². The highest BCUT2D eigenvalue weighted by molar-refractivity contribution is 5.36. The molecule has 2 N–H and O–H groups in total. The highest BCUT2D eigenvalue weighted by atomic mass is 16.6. The van der Waals surface area contributed by atoms with Crippen LogP contribution in [0.3, 0.4) is 0 Å². The number of benzene rings is 1. The number of aromatic nitrogens is 1. The van der Waals surface area contributed by atoms with Gasteiger partial charge in [0.2, 0.25) is 5.88 Å². The van der Waals surface area contributed by atoms with Gasteiger partial charge in [0.15, 0.2) is 0 Å². The summed E-state index contributed by atoms with van der Waals surface area (Å²) in [5, 5.41) is 10.6. The second kappa shape index (κ2) is 5.24. The number of nitro groups is 1. The van der Waals surface area contributed by atoms with Gasteiger partial charge in [-0.2, -0.15) is 0 Å². The topological polar surface area (TPSA) is 91.3 Å². The van der Waals surface area contributed by atoms with Crippen molar-refractivity contribution in [2.45, 2.75) is 6.54 Å². The van der Waals surface area contributed by atoms with Gasteiger partial charge in [0.25, 0.3) is 5.69 Å². The second-order valence-corrected chi connectivity index (χ2v) is 3.56. The Balaban J connectivity index is 2.17. The lowest BCUT2D eigenvalue weighted by Crippen LogP contribution is -1.96. The quantitative estimate of drug-likeness (QED) is 0.658. The van der Waals surface area contributed by atoms with Crippen molar-refractivity contribution in [2.75, 3.05) is 0 Å². The largest absolute Gasteiger partial charge is 0.439 e. The van der Waals surface area contributed by atoms with E-state index >= 15 is 0 Å². The van der Waals surface area contributed by atoms with Crippen LogP contribution in [0.4, 0.5) is 5.69 Å². The monoisotopic (exact) mass is 245 g/mol. The van der Waals surface area contributed by atoms with Crippen molar-refractivity contribution in [1.82, 2.24) is 4.98 Å². The molecule has 1 aromatic carbocycles. The lowest BCUT2D eigenvalue weighted by molar-refractivity contribution is -0.385. The number of rotatable bonds is 4. The Morgan fingerprint density at radius 3 is 2.61 bits per heavy atom. The van der Waals surface area contributed by atoms with E-state index in [1.165, 1.54) is 18.3 Å². The summed E-state index contributed by atoms with van der Waals surface area (Å²) >= 11 is 0. The van der Waals surface area contributed by atoms with E-state index in [1.54, 1.807) is 12.1 Å². The molecule has 0 radical (unpaired) electrons. The first-order valence-electron chi connectivity index (χ1n) is 5.26.